The van der Waals surface area contributed by atoms with Crippen molar-refractivity contribution in [2.24, 2.45) is 0 Å². The first kappa shape index (κ1) is 20.7. The molecule has 2 heterocycles. The van der Waals surface area contributed by atoms with Gasteiger partial charge in [0.15, 0.2) is 0 Å². The Morgan fingerprint density at radius 2 is 1.83 bits per heavy atom. The van der Waals surface area contributed by atoms with Crippen molar-refractivity contribution < 1.29 is 14.1 Å². The van der Waals surface area contributed by atoms with Gasteiger partial charge in [0.1, 0.15) is 0 Å². The predicted molar refractivity (Wildman–Crippen MR) is 112 cm³/mol. The lowest BCUT2D eigenvalue weighted by atomic mass is 10.2. The van der Waals surface area contributed by atoms with Crippen LogP contribution in [0.15, 0.2) is 52.4 Å². The van der Waals surface area contributed by atoms with Gasteiger partial charge in [-0.15, -0.1) is 11.3 Å². The van der Waals surface area contributed by atoms with Gasteiger partial charge in [0, 0.05) is 31.5 Å². The third-order valence-electron chi connectivity index (χ3n) is 4.27. The molecule has 3 aromatic rings. The number of carbonyl (C=O) groups excluding carboxylic acids is 2. The Kier molecular flexibility index (Phi) is 7.94. The van der Waals surface area contributed by atoms with Crippen LogP contribution in [0.1, 0.15) is 41.9 Å². The average molecular weight is 413 g/mol. The van der Waals surface area contributed by atoms with Crippen LogP contribution in [0.5, 0.6) is 0 Å². The molecule has 7 nitrogen and oxygen atoms in total. The van der Waals surface area contributed by atoms with Crippen LogP contribution in [0.25, 0.3) is 10.7 Å². The molecule has 3 rings (SSSR count). The summed E-state index contributed by atoms with van der Waals surface area (Å²) < 4.78 is 5.27. The highest BCUT2D eigenvalue weighted by Gasteiger charge is 2.09. The Morgan fingerprint density at radius 1 is 0.966 bits per heavy atom. The molecule has 152 valence electrons. The van der Waals surface area contributed by atoms with Crippen LogP contribution in [0, 0.1) is 0 Å². The first-order valence-electron chi connectivity index (χ1n) is 9.69. The van der Waals surface area contributed by atoms with Gasteiger partial charge >= 0.3 is 0 Å². The van der Waals surface area contributed by atoms with Gasteiger partial charge < -0.3 is 15.2 Å². The summed E-state index contributed by atoms with van der Waals surface area (Å²) in [5, 5.41) is 11.6. The lowest BCUT2D eigenvalue weighted by Gasteiger charge is -2.06. The maximum absolute atomic E-state index is 11.9. The molecule has 0 aliphatic heterocycles. The Bertz CT molecular complexity index is 894. The van der Waals surface area contributed by atoms with E-state index in [-0.39, 0.29) is 18.2 Å². The van der Waals surface area contributed by atoms with Crippen molar-refractivity contribution in [2.75, 3.05) is 13.1 Å². The minimum absolute atomic E-state index is 0.0594. The van der Waals surface area contributed by atoms with Crippen molar-refractivity contribution in [3.8, 4) is 10.7 Å². The molecule has 8 heteroatoms. The van der Waals surface area contributed by atoms with E-state index in [1.807, 2.05) is 35.7 Å². The van der Waals surface area contributed by atoms with Gasteiger partial charge in [0.25, 0.3) is 5.91 Å². The van der Waals surface area contributed by atoms with Crippen molar-refractivity contribution in [3.63, 3.8) is 0 Å². The highest BCUT2D eigenvalue weighted by atomic mass is 32.1. The molecule has 0 spiro atoms. The number of hydrogen-bond acceptors (Lipinski definition) is 6. The minimum atomic E-state index is -0.165. The number of rotatable bonds is 11. The fourth-order valence-corrected chi connectivity index (χ4v) is 3.39. The summed E-state index contributed by atoms with van der Waals surface area (Å²) >= 11 is 1.58. The van der Waals surface area contributed by atoms with Gasteiger partial charge in [-0.3, -0.25) is 9.59 Å². The molecule has 2 N–H and O–H groups in total. The lowest BCUT2D eigenvalue weighted by Crippen LogP contribution is -2.31. The fourth-order valence-electron chi connectivity index (χ4n) is 2.74. The van der Waals surface area contributed by atoms with Crippen molar-refractivity contribution in [3.05, 3.63) is 59.3 Å². The highest BCUT2D eigenvalue weighted by molar-refractivity contribution is 7.13. The molecule has 0 fully saturated rings. The van der Waals surface area contributed by atoms with Crippen molar-refractivity contribution in [1.29, 1.82) is 0 Å². The number of thiophene rings is 1. The van der Waals surface area contributed by atoms with E-state index in [1.165, 1.54) is 0 Å². The highest BCUT2D eigenvalue weighted by Crippen LogP contribution is 2.21. The van der Waals surface area contributed by atoms with Gasteiger partial charge in [-0.2, -0.15) is 4.98 Å². The zero-order valence-corrected chi connectivity index (χ0v) is 16.9. The summed E-state index contributed by atoms with van der Waals surface area (Å²) in [4.78, 5) is 29.1. The van der Waals surface area contributed by atoms with Crippen LogP contribution in [-0.2, 0) is 11.2 Å². The van der Waals surface area contributed by atoms with Crippen LogP contribution in [0.2, 0.25) is 0 Å². The second kappa shape index (κ2) is 11.1. The second-order valence-electron chi connectivity index (χ2n) is 6.52. The number of amides is 2. The number of unbranched alkanes of at least 4 members (excludes halogenated alkanes) is 2. The molecule has 0 saturated carbocycles. The van der Waals surface area contributed by atoms with Gasteiger partial charge in [0.05, 0.1) is 4.88 Å². The third-order valence-corrected chi connectivity index (χ3v) is 5.14. The molecule has 0 radical (unpaired) electrons. The summed E-state index contributed by atoms with van der Waals surface area (Å²) in [6, 6.07) is 12.9. The Morgan fingerprint density at radius 3 is 2.62 bits per heavy atom. The van der Waals surface area contributed by atoms with Gasteiger partial charge in [0.2, 0.25) is 17.6 Å². The summed E-state index contributed by atoms with van der Waals surface area (Å²) in [7, 11) is 0. The number of nitrogens with one attached hydrogen (secondary N) is 2. The minimum Gasteiger partial charge on any atom is -0.356 e. The quantitative estimate of drug-likeness (QED) is 0.470. The normalized spacial score (nSPS) is 10.6. The predicted octanol–water partition coefficient (Wildman–Crippen LogP) is 3.45. The summed E-state index contributed by atoms with van der Waals surface area (Å²) in [6.45, 7) is 0.943. The SMILES string of the molecule is O=C(CCNC(=O)c1ccccc1)NCCCCCc1nc(-c2cccs2)no1. The lowest BCUT2D eigenvalue weighted by molar-refractivity contribution is -0.120. The molecule has 2 amide bonds. The van der Waals surface area contributed by atoms with Crippen molar-refractivity contribution >= 4 is 23.2 Å². The summed E-state index contributed by atoms with van der Waals surface area (Å²) in [5.74, 6) is 1.06. The van der Waals surface area contributed by atoms with Gasteiger partial charge in [-0.1, -0.05) is 35.8 Å². The van der Waals surface area contributed by atoms with Gasteiger partial charge in [-0.25, -0.2) is 0 Å². The van der Waals surface area contributed by atoms with Gasteiger partial charge in [-0.05, 0) is 36.4 Å². The number of aryl methyl sites for hydroxylation is 1. The van der Waals surface area contributed by atoms with Crippen molar-refractivity contribution in [1.82, 2.24) is 20.8 Å². The number of aromatic nitrogens is 2. The fraction of sp³-hybridized carbons (Fsp3) is 0.333. The van der Waals surface area contributed by atoms with Crippen LogP contribution in [0.4, 0.5) is 0 Å². The number of carbonyl (C=O) groups is 2. The average Bonchev–Trinajstić information content (AvgIpc) is 3.43. The van der Waals surface area contributed by atoms with E-state index in [2.05, 4.69) is 20.8 Å². The smallest absolute Gasteiger partial charge is 0.251 e. The zero-order chi connectivity index (χ0) is 20.3. The monoisotopic (exact) mass is 412 g/mol. The number of hydrogen-bond donors (Lipinski definition) is 2. The van der Waals surface area contributed by atoms with E-state index in [0.29, 0.717) is 30.4 Å². The van der Waals surface area contributed by atoms with Crippen LogP contribution in [0.3, 0.4) is 0 Å². The second-order valence-corrected chi connectivity index (χ2v) is 7.47. The number of benzene rings is 1. The van der Waals surface area contributed by atoms with E-state index in [1.54, 1.807) is 23.5 Å². The zero-order valence-electron chi connectivity index (χ0n) is 16.1. The molecular weight excluding hydrogens is 388 g/mol. The molecule has 29 heavy (non-hydrogen) atoms. The molecular formula is C21H24N4O3S. The Balaban J connectivity index is 1.22. The largest absolute Gasteiger partial charge is 0.356 e. The molecule has 0 aliphatic rings. The molecule has 0 atom stereocenters. The third kappa shape index (κ3) is 6.83. The Hall–Kier alpha value is -3.00. The first-order valence-corrected chi connectivity index (χ1v) is 10.6. The molecule has 0 unspecified atom stereocenters. The Labute approximate surface area is 173 Å². The van der Waals surface area contributed by atoms with Crippen molar-refractivity contribution in [2.45, 2.75) is 32.1 Å². The molecule has 0 saturated heterocycles. The number of nitrogens with zero attached hydrogens (tertiary/aromatic N) is 2. The standard InChI is InChI=1S/C21H24N4O3S/c26-18(12-14-23-21(27)16-8-3-1-4-9-16)22-13-6-2-5-11-19-24-20(25-28-19)17-10-7-15-29-17/h1,3-4,7-10,15H,2,5-6,11-14H2,(H,22,26)(H,23,27). The molecule has 1 aromatic carbocycles. The first-order chi connectivity index (χ1) is 14.2. The van der Waals surface area contributed by atoms with E-state index in [4.69, 9.17) is 4.52 Å². The van der Waals surface area contributed by atoms with Crippen LogP contribution < -0.4 is 10.6 Å². The molecule has 0 aliphatic carbocycles. The van der Waals surface area contributed by atoms with E-state index in [9.17, 15) is 9.59 Å². The van der Waals surface area contributed by atoms with E-state index >= 15 is 0 Å². The van der Waals surface area contributed by atoms with Crippen LogP contribution in [-0.4, -0.2) is 35.0 Å². The summed E-state index contributed by atoms with van der Waals surface area (Å²) in [5.41, 5.74) is 0.594. The maximum Gasteiger partial charge on any atom is 0.251 e. The van der Waals surface area contributed by atoms with Crippen LogP contribution >= 0.6 is 11.3 Å². The maximum atomic E-state index is 11.9. The molecule has 0 bridgehead atoms. The van der Waals surface area contributed by atoms with E-state index < -0.39 is 0 Å². The van der Waals surface area contributed by atoms with E-state index in [0.717, 1.165) is 30.6 Å². The molecule has 2 aromatic heterocycles. The summed E-state index contributed by atoms with van der Waals surface area (Å²) in [6.07, 6.45) is 3.77. The topological polar surface area (TPSA) is 97.1 Å².